The van der Waals surface area contributed by atoms with Gasteiger partial charge in [-0.05, 0) is 37.1 Å². The lowest BCUT2D eigenvalue weighted by atomic mass is 10.1. The molecule has 0 aliphatic carbocycles. The molecule has 1 aliphatic heterocycles. The number of rotatable bonds is 2. The van der Waals surface area contributed by atoms with E-state index in [1.165, 1.54) is 16.8 Å². The van der Waals surface area contributed by atoms with Gasteiger partial charge in [0.25, 0.3) is 0 Å². The molecule has 1 aliphatic rings. The van der Waals surface area contributed by atoms with Crippen LogP contribution in [0.1, 0.15) is 11.1 Å². The second kappa shape index (κ2) is 4.65. The fourth-order valence-electron chi connectivity index (χ4n) is 2.16. The lowest BCUT2D eigenvalue weighted by Gasteiger charge is -2.22. The Morgan fingerprint density at radius 2 is 1.94 bits per heavy atom. The summed E-state index contributed by atoms with van der Waals surface area (Å²) in [6.07, 6.45) is 4.42. The van der Waals surface area contributed by atoms with Crippen LogP contribution in [0, 0.1) is 13.8 Å². The topological polar surface area (TPSA) is 12.5 Å². The van der Waals surface area contributed by atoms with Gasteiger partial charge >= 0.3 is 0 Å². The summed E-state index contributed by atoms with van der Waals surface area (Å²) in [5.74, 6) is 0.938. The molecule has 2 rings (SSSR count). The number of hydrogen-bond donors (Lipinski definition) is 0. The first-order valence-electron chi connectivity index (χ1n) is 5.36. The van der Waals surface area contributed by atoms with Crippen LogP contribution in [-0.4, -0.2) is 17.6 Å². The van der Waals surface area contributed by atoms with E-state index in [4.69, 9.17) is 4.74 Å². The molecule has 0 fully saturated rings. The summed E-state index contributed by atoms with van der Waals surface area (Å²) < 4.78 is 5.89. The highest BCUT2D eigenvalue weighted by Crippen LogP contribution is 2.32. The minimum Gasteiger partial charge on any atom is -0.497 e. The molecule has 16 heavy (non-hydrogen) atoms. The van der Waals surface area contributed by atoms with Crippen molar-refractivity contribution in [2.45, 2.75) is 17.8 Å². The number of ether oxygens (including phenoxy) is 1. The molecular weight excluding hydrogens is 313 g/mol. The van der Waals surface area contributed by atoms with Gasteiger partial charge in [0.15, 0.2) is 0 Å². The second-order valence-corrected chi connectivity index (χ2v) is 5.72. The maximum Gasteiger partial charge on any atom is 0.119 e. The maximum atomic E-state index is 5.28. The van der Waals surface area contributed by atoms with Crippen molar-refractivity contribution in [2.24, 2.45) is 0 Å². The van der Waals surface area contributed by atoms with Crippen LogP contribution in [0.25, 0.3) is 0 Å². The molecule has 0 bridgehead atoms. The standard InChI is InChI=1S/C13H16INO/c1-9-6-12(16-3)7-10(2)13(9)15-5-4-11(14)8-15/h4-7,11H,8H2,1-3H3. The minimum absolute atomic E-state index is 0.610. The highest BCUT2D eigenvalue weighted by Gasteiger charge is 2.18. The van der Waals surface area contributed by atoms with E-state index < -0.39 is 0 Å². The van der Waals surface area contributed by atoms with Crippen molar-refractivity contribution >= 4 is 28.3 Å². The van der Waals surface area contributed by atoms with Crippen LogP contribution in [0.3, 0.4) is 0 Å². The Morgan fingerprint density at radius 1 is 1.31 bits per heavy atom. The van der Waals surface area contributed by atoms with Crippen molar-refractivity contribution in [2.75, 3.05) is 18.6 Å². The quantitative estimate of drug-likeness (QED) is 0.609. The number of alkyl halides is 1. The van der Waals surface area contributed by atoms with Crippen molar-refractivity contribution in [1.29, 1.82) is 0 Å². The Kier molecular flexibility index (Phi) is 3.42. The first-order chi connectivity index (χ1) is 7.61. The molecule has 0 radical (unpaired) electrons. The van der Waals surface area contributed by atoms with E-state index in [-0.39, 0.29) is 0 Å². The molecule has 0 saturated heterocycles. The number of aryl methyl sites for hydroxylation is 2. The molecule has 0 aromatic heterocycles. The monoisotopic (exact) mass is 329 g/mol. The molecule has 1 heterocycles. The number of halogens is 1. The van der Waals surface area contributed by atoms with E-state index in [1.807, 2.05) is 0 Å². The molecule has 86 valence electrons. The van der Waals surface area contributed by atoms with Gasteiger partial charge in [-0.15, -0.1) is 0 Å². The Bertz CT molecular complexity index is 405. The van der Waals surface area contributed by atoms with Crippen LogP contribution in [0.4, 0.5) is 5.69 Å². The summed E-state index contributed by atoms with van der Waals surface area (Å²) in [4.78, 5) is 2.32. The van der Waals surface area contributed by atoms with Crippen molar-refractivity contribution in [3.8, 4) is 5.75 Å². The van der Waals surface area contributed by atoms with Crippen molar-refractivity contribution in [3.63, 3.8) is 0 Å². The third kappa shape index (κ3) is 2.19. The predicted molar refractivity (Wildman–Crippen MR) is 76.8 cm³/mol. The Labute approximate surface area is 110 Å². The molecule has 1 atom stereocenters. The third-order valence-corrected chi connectivity index (χ3v) is 3.64. The van der Waals surface area contributed by atoms with E-state index in [9.17, 15) is 0 Å². The lowest BCUT2D eigenvalue weighted by molar-refractivity contribution is 0.414. The first-order valence-corrected chi connectivity index (χ1v) is 6.60. The number of hydrogen-bond acceptors (Lipinski definition) is 2. The normalized spacial score (nSPS) is 19.2. The van der Waals surface area contributed by atoms with Gasteiger partial charge in [-0.3, -0.25) is 0 Å². The summed E-state index contributed by atoms with van der Waals surface area (Å²) >= 11 is 2.46. The van der Waals surface area contributed by atoms with Gasteiger partial charge in [-0.1, -0.05) is 28.7 Å². The van der Waals surface area contributed by atoms with E-state index >= 15 is 0 Å². The predicted octanol–water partition coefficient (Wildman–Crippen LogP) is 3.45. The summed E-state index contributed by atoms with van der Waals surface area (Å²) in [6.45, 7) is 5.34. The zero-order chi connectivity index (χ0) is 11.7. The summed E-state index contributed by atoms with van der Waals surface area (Å²) in [5.41, 5.74) is 3.86. The molecule has 1 aromatic rings. The average molecular weight is 329 g/mol. The van der Waals surface area contributed by atoms with Gasteiger partial charge in [0.1, 0.15) is 5.75 Å². The Balaban J connectivity index is 2.38. The Hall–Kier alpha value is -0.710. The molecule has 0 saturated carbocycles. The smallest absolute Gasteiger partial charge is 0.119 e. The molecule has 1 unspecified atom stereocenters. The molecular formula is C13H16INO. The van der Waals surface area contributed by atoms with Gasteiger partial charge in [-0.2, -0.15) is 0 Å². The van der Waals surface area contributed by atoms with Gasteiger partial charge in [0.2, 0.25) is 0 Å². The summed E-state index contributed by atoms with van der Waals surface area (Å²) in [7, 11) is 1.71. The number of benzene rings is 1. The molecule has 3 heteroatoms. The van der Waals surface area contributed by atoms with Crippen molar-refractivity contribution < 1.29 is 4.74 Å². The maximum absolute atomic E-state index is 5.28. The number of nitrogens with zero attached hydrogens (tertiary/aromatic N) is 1. The molecule has 2 nitrogen and oxygen atoms in total. The van der Waals surface area contributed by atoms with Gasteiger partial charge in [0, 0.05) is 22.4 Å². The van der Waals surface area contributed by atoms with Crippen LogP contribution in [-0.2, 0) is 0 Å². The summed E-state index contributed by atoms with van der Waals surface area (Å²) in [5, 5.41) is 0. The number of anilines is 1. The van der Waals surface area contributed by atoms with Gasteiger partial charge < -0.3 is 9.64 Å². The molecule has 1 aromatic carbocycles. The number of methoxy groups -OCH3 is 1. The minimum atomic E-state index is 0.610. The fourth-order valence-corrected chi connectivity index (χ4v) is 2.77. The zero-order valence-electron chi connectivity index (χ0n) is 9.83. The van der Waals surface area contributed by atoms with Crippen LogP contribution in [0.15, 0.2) is 24.4 Å². The average Bonchev–Trinajstić information content (AvgIpc) is 2.63. The van der Waals surface area contributed by atoms with E-state index in [0.717, 1.165) is 12.3 Å². The van der Waals surface area contributed by atoms with Crippen LogP contribution in [0.2, 0.25) is 0 Å². The fraction of sp³-hybridized carbons (Fsp3) is 0.385. The lowest BCUT2D eigenvalue weighted by Crippen LogP contribution is -2.18. The van der Waals surface area contributed by atoms with E-state index in [2.05, 4.69) is 65.7 Å². The molecule has 0 N–H and O–H groups in total. The second-order valence-electron chi connectivity index (χ2n) is 4.12. The molecule has 0 amide bonds. The van der Waals surface area contributed by atoms with Crippen LogP contribution in [0.5, 0.6) is 5.75 Å². The highest BCUT2D eigenvalue weighted by molar-refractivity contribution is 14.1. The highest BCUT2D eigenvalue weighted by atomic mass is 127. The molecule has 0 spiro atoms. The van der Waals surface area contributed by atoms with Crippen molar-refractivity contribution in [1.82, 2.24) is 0 Å². The summed E-state index contributed by atoms with van der Waals surface area (Å²) in [6, 6.07) is 4.19. The SMILES string of the molecule is COc1cc(C)c(N2C=CC(I)C2)c(C)c1. The van der Waals surface area contributed by atoms with E-state index in [0.29, 0.717) is 3.92 Å². The zero-order valence-corrected chi connectivity index (χ0v) is 12.0. The largest absolute Gasteiger partial charge is 0.497 e. The van der Waals surface area contributed by atoms with Gasteiger partial charge in [-0.25, -0.2) is 0 Å². The third-order valence-electron chi connectivity index (χ3n) is 2.83. The van der Waals surface area contributed by atoms with Crippen molar-refractivity contribution in [3.05, 3.63) is 35.5 Å². The first kappa shape index (κ1) is 11.8. The van der Waals surface area contributed by atoms with Crippen LogP contribution < -0.4 is 9.64 Å². The van der Waals surface area contributed by atoms with E-state index in [1.54, 1.807) is 7.11 Å². The Morgan fingerprint density at radius 3 is 2.38 bits per heavy atom. The van der Waals surface area contributed by atoms with Gasteiger partial charge in [0.05, 0.1) is 7.11 Å². The van der Waals surface area contributed by atoms with Crippen LogP contribution >= 0.6 is 22.6 Å².